The van der Waals surface area contributed by atoms with Crippen molar-refractivity contribution in [2.24, 2.45) is 5.92 Å². The maximum atomic E-state index is 2.33. The molecule has 0 amide bonds. The lowest BCUT2D eigenvalue weighted by molar-refractivity contribution is 0.586. The third kappa shape index (κ3) is 3.97. The Kier molecular flexibility index (Phi) is 7.03. The normalized spacial score (nSPS) is 17.1. The van der Waals surface area contributed by atoms with Crippen LogP contribution < -0.4 is 0 Å². The van der Waals surface area contributed by atoms with Gasteiger partial charge in [0, 0.05) is 0 Å². The summed E-state index contributed by atoms with van der Waals surface area (Å²) in [6.45, 7) is 11.0. The minimum absolute atomic E-state index is 0.797. The van der Waals surface area contributed by atoms with Crippen molar-refractivity contribution in [3.63, 3.8) is 0 Å². The zero-order valence-electron chi connectivity index (χ0n) is 10.1. The van der Waals surface area contributed by atoms with Gasteiger partial charge in [0.05, 0.1) is 0 Å². The topological polar surface area (TPSA) is 0 Å². The molecule has 0 heterocycles. The summed E-state index contributed by atoms with van der Waals surface area (Å²) in [5.74, 6) is 0.797. The van der Waals surface area contributed by atoms with Gasteiger partial charge < -0.3 is 0 Å². The molecule has 1 aliphatic rings. The van der Waals surface area contributed by atoms with Crippen molar-refractivity contribution in [1.29, 1.82) is 0 Å². The fourth-order valence-corrected chi connectivity index (χ4v) is 2.09. The van der Waals surface area contributed by atoms with Crippen LogP contribution in [0.2, 0.25) is 0 Å². The van der Waals surface area contributed by atoms with E-state index in [2.05, 4.69) is 20.8 Å². The molecule has 0 spiro atoms. The highest BCUT2D eigenvalue weighted by atomic mass is 14.2. The minimum Gasteiger partial charge on any atom is -0.0710 e. The first-order valence-corrected chi connectivity index (χ1v) is 5.96. The first kappa shape index (κ1) is 12.7. The first-order valence-electron chi connectivity index (χ1n) is 5.96. The molecule has 78 valence electrons. The lowest BCUT2D eigenvalue weighted by Gasteiger charge is -2.22. The maximum absolute atomic E-state index is 2.33. The van der Waals surface area contributed by atoms with E-state index in [1.54, 1.807) is 11.1 Å². The Labute approximate surface area is 84.4 Å². The van der Waals surface area contributed by atoms with E-state index in [-0.39, 0.29) is 0 Å². The highest BCUT2D eigenvalue weighted by Gasteiger charge is 2.13. The van der Waals surface area contributed by atoms with Crippen LogP contribution in [-0.4, -0.2) is 0 Å². The van der Waals surface area contributed by atoms with Crippen molar-refractivity contribution in [2.75, 3.05) is 0 Å². The summed E-state index contributed by atoms with van der Waals surface area (Å²) >= 11 is 0. The molecular weight excluding hydrogens is 156 g/mol. The number of hydrogen-bond donors (Lipinski definition) is 0. The largest absolute Gasteiger partial charge is 0.0710 e. The Bertz CT molecular complexity index is 151. The van der Waals surface area contributed by atoms with E-state index in [0.29, 0.717) is 0 Å². The van der Waals surface area contributed by atoms with Gasteiger partial charge in [-0.25, -0.2) is 0 Å². The van der Waals surface area contributed by atoms with Gasteiger partial charge in [0.2, 0.25) is 0 Å². The van der Waals surface area contributed by atoms with Crippen LogP contribution in [0.1, 0.15) is 66.7 Å². The maximum Gasteiger partial charge on any atom is -0.0257 e. The summed E-state index contributed by atoms with van der Waals surface area (Å²) in [5, 5.41) is 0. The molecule has 1 aliphatic carbocycles. The van der Waals surface area contributed by atoms with E-state index in [1.165, 1.54) is 32.1 Å². The number of hydrogen-bond acceptors (Lipinski definition) is 0. The van der Waals surface area contributed by atoms with Crippen molar-refractivity contribution >= 4 is 0 Å². The second kappa shape index (κ2) is 7.17. The van der Waals surface area contributed by atoms with Crippen molar-refractivity contribution in [2.45, 2.75) is 66.7 Å². The minimum atomic E-state index is 0.797. The van der Waals surface area contributed by atoms with Crippen LogP contribution in [0.3, 0.4) is 0 Å². The molecule has 0 heteroatoms. The second-order valence-electron chi connectivity index (χ2n) is 3.84. The van der Waals surface area contributed by atoms with Crippen LogP contribution in [0.5, 0.6) is 0 Å². The molecule has 0 bridgehead atoms. The summed E-state index contributed by atoms with van der Waals surface area (Å²) < 4.78 is 0. The van der Waals surface area contributed by atoms with Gasteiger partial charge in [-0.15, -0.1) is 0 Å². The van der Waals surface area contributed by atoms with Crippen LogP contribution >= 0.6 is 0 Å². The molecule has 0 aromatic rings. The summed E-state index contributed by atoms with van der Waals surface area (Å²) in [7, 11) is 0. The Morgan fingerprint density at radius 1 is 1.08 bits per heavy atom. The molecule has 13 heavy (non-hydrogen) atoms. The van der Waals surface area contributed by atoms with Crippen molar-refractivity contribution in [3.8, 4) is 0 Å². The van der Waals surface area contributed by atoms with Gasteiger partial charge in [0.15, 0.2) is 0 Å². The molecule has 0 fully saturated rings. The average molecular weight is 182 g/mol. The van der Waals surface area contributed by atoms with Gasteiger partial charge in [-0.2, -0.15) is 0 Å². The average Bonchev–Trinajstić information content (AvgIpc) is 2.20. The van der Waals surface area contributed by atoms with Crippen LogP contribution in [0.4, 0.5) is 0 Å². The van der Waals surface area contributed by atoms with E-state index >= 15 is 0 Å². The first-order chi connectivity index (χ1) is 6.25. The monoisotopic (exact) mass is 182 g/mol. The molecule has 0 saturated heterocycles. The Balaban J connectivity index is 0.000000671. The van der Waals surface area contributed by atoms with Gasteiger partial charge in [-0.3, -0.25) is 0 Å². The quantitative estimate of drug-likeness (QED) is 0.530. The van der Waals surface area contributed by atoms with Gasteiger partial charge in [0.25, 0.3) is 0 Å². The van der Waals surface area contributed by atoms with Crippen LogP contribution in [0, 0.1) is 5.92 Å². The van der Waals surface area contributed by atoms with Crippen LogP contribution in [0.15, 0.2) is 11.1 Å². The van der Waals surface area contributed by atoms with Gasteiger partial charge in [-0.1, -0.05) is 45.8 Å². The molecule has 0 radical (unpaired) electrons. The van der Waals surface area contributed by atoms with Gasteiger partial charge >= 0.3 is 0 Å². The third-order valence-corrected chi connectivity index (χ3v) is 2.75. The molecule has 0 N–H and O–H groups in total. The SMILES string of the molecule is CC.CCC1=C(C(C)C)CCCC1. The van der Waals surface area contributed by atoms with E-state index in [1.807, 2.05) is 13.8 Å². The molecule has 0 unspecified atom stereocenters. The molecule has 0 nitrogen and oxygen atoms in total. The van der Waals surface area contributed by atoms with Crippen LogP contribution in [0.25, 0.3) is 0 Å². The van der Waals surface area contributed by atoms with Crippen LogP contribution in [-0.2, 0) is 0 Å². The molecule has 0 saturated carbocycles. The molecule has 0 aromatic heterocycles. The van der Waals surface area contributed by atoms with E-state index in [4.69, 9.17) is 0 Å². The Morgan fingerprint density at radius 3 is 2.00 bits per heavy atom. The lowest BCUT2D eigenvalue weighted by Crippen LogP contribution is -2.04. The van der Waals surface area contributed by atoms with Gasteiger partial charge in [-0.05, 0) is 38.0 Å². The number of rotatable bonds is 2. The molecular formula is C13H26. The summed E-state index contributed by atoms with van der Waals surface area (Å²) in [5.41, 5.74) is 3.52. The van der Waals surface area contributed by atoms with E-state index in [0.717, 1.165) is 5.92 Å². The van der Waals surface area contributed by atoms with Crippen molar-refractivity contribution < 1.29 is 0 Å². The fourth-order valence-electron chi connectivity index (χ4n) is 2.09. The predicted octanol–water partition coefficient (Wildman–Crippen LogP) is 4.95. The number of allylic oxidation sites excluding steroid dienone is 2. The zero-order chi connectivity index (χ0) is 10.3. The predicted molar refractivity (Wildman–Crippen MR) is 62.0 cm³/mol. The molecule has 0 atom stereocenters. The highest BCUT2D eigenvalue weighted by Crippen LogP contribution is 2.31. The van der Waals surface area contributed by atoms with E-state index in [9.17, 15) is 0 Å². The smallest absolute Gasteiger partial charge is 0.0257 e. The standard InChI is InChI=1S/C11H20.C2H6/c1-4-10-7-5-6-8-11(10)9(2)3;1-2/h9H,4-8H2,1-3H3;1-2H3. The Morgan fingerprint density at radius 2 is 1.62 bits per heavy atom. The highest BCUT2D eigenvalue weighted by molar-refractivity contribution is 5.18. The van der Waals surface area contributed by atoms with Crippen molar-refractivity contribution in [1.82, 2.24) is 0 Å². The van der Waals surface area contributed by atoms with E-state index < -0.39 is 0 Å². The molecule has 1 rings (SSSR count). The Hall–Kier alpha value is -0.260. The van der Waals surface area contributed by atoms with Gasteiger partial charge in [0.1, 0.15) is 0 Å². The lowest BCUT2D eigenvalue weighted by atomic mass is 9.84. The molecule has 0 aliphatic heterocycles. The fraction of sp³-hybridized carbons (Fsp3) is 0.846. The summed E-state index contributed by atoms with van der Waals surface area (Å²) in [6, 6.07) is 0. The van der Waals surface area contributed by atoms with Crippen molar-refractivity contribution in [3.05, 3.63) is 11.1 Å². The summed E-state index contributed by atoms with van der Waals surface area (Å²) in [6.07, 6.45) is 6.90. The second-order valence-corrected chi connectivity index (χ2v) is 3.84. The summed E-state index contributed by atoms with van der Waals surface area (Å²) in [4.78, 5) is 0. The zero-order valence-corrected chi connectivity index (χ0v) is 10.1. The third-order valence-electron chi connectivity index (χ3n) is 2.75. The molecule has 0 aromatic carbocycles.